The third-order valence-electron chi connectivity index (χ3n) is 1.75. The van der Waals surface area contributed by atoms with Crippen molar-refractivity contribution in [3.63, 3.8) is 0 Å². The van der Waals surface area contributed by atoms with Gasteiger partial charge in [-0.1, -0.05) is 4.68 Å². The van der Waals surface area contributed by atoms with Crippen LogP contribution in [0, 0.1) is 0 Å². The molecule has 0 saturated carbocycles. The summed E-state index contributed by atoms with van der Waals surface area (Å²) in [4.78, 5) is 14.3. The van der Waals surface area contributed by atoms with Crippen molar-refractivity contribution in [3.05, 3.63) is 30.9 Å². The van der Waals surface area contributed by atoms with Gasteiger partial charge in [0.15, 0.2) is 6.20 Å². The van der Waals surface area contributed by atoms with Gasteiger partial charge in [0.25, 0.3) is 6.54 Å². The van der Waals surface area contributed by atoms with Gasteiger partial charge in [0, 0.05) is 6.07 Å². The largest absolute Gasteiger partial charge is 1.00 e. The summed E-state index contributed by atoms with van der Waals surface area (Å²) in [5, 5.41) is 12.4. The van der Waals surface area contributed by atoms with Crippen LogP contribution in [-0.2, 0) is 11.3 Å². The lowest BCUT2D eigenvalue weighted by molar-refractivity contribution is -0.743. The molecule has 0 bridgehead atoms. The van der Waals surface area contributed by atoms with Crippen LogP contribution in [0.25, 0.3) is 11.5 Å². The van der Waals surface area contributed by atoms with Crippen molar-refractivity contribution < 1.29 is 31.4 Å². The summed E-state index contributed by atoms with van der Waals surface area (Å²) < 4.78 is 6.38. The zero-order chi connectivity index (χ0) is 10.7. The van der Waals surface area contributed by atoms with Crippen molar-refractivity contribution in [1.29, 1.82) is 0 Å². The first-order valence-corrected chi connectivity index (χ1v) is 4.23. The zero-order valence-electron chi connectivity index (χ0n) is 8.08. The van der Waals surface area contributed by atoms with E-state index in [-0.39, 0.29) is 19.0 Å². The molecule has 0 aliphatic carbocycles. The molecule has 16 heavy (non-hydrogen) atoms. The number of carboxylic acids is 1. The highest BCUT2D eigenvalue weighted by Gasteiger charge is 2.10. The molecule has 0 amide bonds. The van der Waals surface area contributed by atoms with Gasteiger partial charge >= 0.3 is 5.97 Å². The van der Waals surface area contributed by atoms with E-state index < -0.39 is 5.97 Å². The van der Waals surface area contributed by atoms with Crippen LogP contribution in [0.4, 0.5) is 0 Å². The lowest BCUT2D eigenvalue weighted by Crippen LogP contribution is -3.00. The number of nitrogens with zero attached hydrogens (tertiary/aromatic N) is 3. The average Bonchev–Trinajstić information content (AvgIpc) is 2.71. The number of carbonyl (C=O) groups is 1. The minimum Gasteiger partial charge on any atom is -1.00 e. The van der Waals surface area contributed by atoms with Crippen LogP contribution < -0.4 is 17.1 Å². The van der Waals surface area contributed by atoms with E-state index in [2.05, 4.69) is 10.1 Å². The van der Waals surface area contributed by atoms with E-state index in [4.69, 9.17) is 9.52 Å². The summed E-state index contributed by atoms with van der Waals surface area (Å²) in [7, 11) is 0. The highest BCUT2D eigenvalue weighted by molar-refractivity contribution is 5.64. The van der Waals surface area contributed by atoms with Crippen molar-refractivity contribution in [2.24, 2.45) is 0 Å². The Morgan fingerprint density at radius 1 is 1.56 bits per heavy atom. The highest BCUT2D eigenvalue weighted by Crippen LogP contribution is 2.12. The van der Waals surface area contributed by atoms with Crippen LogP contribution in [0.1, 0.15) is 0 Å². The van der Waals surface area contributed by atoms with E-state index in [0.29, 0.717) is 11.5 Å². The van der Waals surface area contributed by atoms with Gasteiger partial charge < -0.3 is 21.9 Å². The Morgan fingerprint density at radius 3 is 2.88 bits per heavy atom. The number of halogens is 1. The third-order valence-corrected chi connectivity index (χ3v) is 1.75. The van der Waals surface area contributed by atoms with Gasteiger partial charge in [-0.25, -0.2) is 9.78 Å². The van der Waals surface area contributed by atoms with Crippen molar-refractivity contribution in [2.45, 2.75) is 6.54 Å². The normalized spacial score (nSPS) is 9.50. The summed E-state index contributed by atoms with van der Waals surface area (Å²) in [5.41, 5.74) is 0.710. The first-order valence-electron chi connectivity index (χ1n) is 4.23. The number of aliphatic carboxylic acids is 1. The van der Waals surface area contributed by atoms with Gasteiger partial charge in [-0.15, -0.1) is 0 Å². The van der Waals surface area contributed by atoms with Crippen LogP contribution in [0.5, 0.6) is 0 Å². The van der Waals surface area contributed by atoms with E-state index >= 15 is 0 Å². The molecule has 84 valence electrons. The smallest absolute Gasteiger partial charge is 0.372 e. The van der Waals surface area contributed by atoms with Crippen LogP contribution in [0.15, 0.2) is 35.3 Å². The molecule has 6 nitrogen and oxygen atoms in total. The van der Waals surface area contributed by atoms with Crippen molar-refractivity contribution >= 4 is 5.97 Å². The maximum Gasteiger partial charge on any atom is 0.372 e. The molecule has 2 aromatic rings. The number of aromatic nitrogens is 3. The Hall–Kier alpha value is -1.95. The fraction of sp³-hybridized carbons (Fsp3) is 0.111. The Bertz CT molecular complexity index is 455. The molecule has 0 aliphatic heterocycles. The lowest BCUT2D eigenvalue weighted by atomic mass is 10.3. The van der Waals surface area contributed by atoms with E-state index in [0.717, 1.165) is 0 Å². The van der Waals surface area contributed by atoms with E-state index in [1.54, 1.807) is 12.3 Å². The summed E-state index contributed by atoms with van der Waals surface area (Å²) in [6.07, 6.45) is 6.07. The topological polar surface area (TPSA) is 80.1 Å². The van der Waals surface area contributed by atoms with Crippen molar-refractivity contribution in [3.8, 4) is 11.5 Å². The monoisotopic (exact) mass is 241 g/mol. The van der Waals surface area contributed by atoms with E-state index in [1.165, 1.54) is 23.3 Å². The molecule has 0 atom stereocenters. The Morgan fingerprint density at radius 2 is 2.38 bits per heavy atom. The van der Waals surface area contributed by atoms with Gasteiger partial charge in [0.1, 0.15) is 12.5 Å². The quantitative estimate of drug-likeness (QED) is 0.584. The third kappa shape index (κ3) is 2.77. The molecular weight excluding hydrogens is 234 g/mol. The van der Waals surface area contributed by atoms with Gasteiger partial charge in [0.2, 0.25) is 5.89 Å². The molecule has 2 heterocycles. The van der Waals surface area contributed by atoms with Gasteiger partial charge in [-0.2, -0.15) is 0 Å². The first-order chi connectivity index (χ1) is 7.25. The van der Waals surface area contributed by atoms with E-state index in [9.17, 15) is 4.79 Å². The Labute approximate surface area is 97.0 Å². The number of oxazole rings is 1. The molecule has 0 aromatic carbocycles. The molecule has 0 spiro atoms. The van der Waals surface area contributed by atoms with Crippen LogP contribution in [0.2, 0.25) is 0 Å². The number of carboxylic acid groups (broad SMARTS) is 1. The summed E-state index contributed by atoms with van der Waals surface area (Å²) >= 11 is 0. The van der Waals surface area contributed by atoms with Gasteiger partial charge in [0.05, 0.1) is 11.8 Å². The number of hydrogen-bond acceptors (Lipinski definition) is 4. The highest BCUT2D eigenvalue weighted by atomic mass is 35.5. The summed E-state index contributed by atoms with van der Waals surface area (Å²) in [5.74, 6) is -0.471. The predicted octanol–water partition coefficient (Wildman–Crippen LogP) is -2.89. The first kappa shape index (κ1) is 12.1. The molecule has 0 fully saturated rings. The second-order valence-corrected chi connectivity index (χ2v) is 2.84. The maximum absolute atomic E-state index is 10.4. The maximum atomic E-state index is 10.4. The Balaban J connectivity index is 0.00000128. The zero-order valence-corrected chi connectivity index (χ0v) is 8.83. The van der Waals surface area contributed by atoms with Crippen molar-refractivity contribution in [1.82, 2.24) is 10.1 Å². The Kier molecular flexibility index (Phi) is 3.96. The SMILES string of the molecule is O=C(O)C[n+]1ccc(-c2ncco2)cn1.[Cl-]. The average molecular weight is 242 g/mol. The molecule has 7 heteroatoms. The van der Waals surface area contributed by atoms with Gasteiger partial charge in [-0.3, -0.25) is 0 Å². The predicted molar refractivity (Wildman–Crippen MR) is 47.6 cm³/mol. The standard InChI is InChI=1S/C9H7N3O3.ClH/c13-8(14)6-12-3-1-7(5-11-12)9-10-2-4-15-9;/h1-5H,6H2;1H. The number of hydrogen-bond donors (Lipinski definition) is 1. The summed E-state index contributed by atoms with van der Waals surface area (Å²) in [6.45, 7) is -0.161. The molecule has 2 rings (SSSR count). The fourth-order valence-corrected chi connectivity index (χ4v) is 1.11. The van der Waals surface area contributed by atoms with Crippen LogP contribution in [0.3, 0.4) is 0 Å². The molecule has 2 aromatic heterocycles. The van der Waals surface area contributed by atoms with Crippen LogP contribution >= 0.6 is 0 Å². The molecule has 0 unspecified atom stereocenters. The van der Waals surface area contributed by atoms with Crippen LogP contribution in [-0.4, -0.2) is 21.2 Å². The molecular formula is C9H8ClN3O3. The molecule has 0 saturated heterocycles. The molecule has 0 radical (unpaired) electrons. The molecule has 0 aliphatic rings. The second-order valence-electron chi connectivity index (χ2n) is 2.84. The van der Waals surface area contributed by atoms with Gasteiger partial charge in [-0.05, 0) is 5.10 Å². The second kappa shape index (κ2) is 5.22. The minimum atomic E-state index is -0.934. The van der Waals surface area contributed by atoms with E-state index in [1.807, 2.05) is 0 Å². The van der Waals surface area contributed by atoms with Crippen molar-refractivity contribution in [2.75, 3.05) is 0 Å². The molecule has 1 N–H and O–H groups in total. The summed E-state index contributed by atoms with van der Waals surface area (Å²) in [6, 6.07) is 1.70. The number of rotatable bonds is 3. The minimum absolute atomic E-state index is 0. The fourth-order valence-electron chi connectivity index (χ4n) is 1.11. The lowest BCUT2D eigenvalue weighted by Gasteiger charge is -1.92.